The third kappa shape index (κ3) is 4.69. The van der Waals surface area contributed by atoms with E-state index in [9.17, 15) is 14.7 Å². The maximum Gasteiger partial charge on any atom is 0.339 e. The van der Waals surface area contributed by atoms with Gasteiger partial charge in [0.25, 0.3) is 0 Å². The lowest BCUT2D eigenvalue weighted by Gasteiger charge is -2.36. The molecule has 0 aliphatic carbocycles. The van der Waals surface area contributed by atoms with Crippen LogP contribution in [0.1, 0.15) is 16.8 Å². The molecule has 1 aliphatic heterocycles. The summed E-state index contributed by atoms with van der Waals surface area (Å²) in [4.78, 5) is 27.3. The lowest BCUT2D eigenvalue weighted by Crippen LogP contribution is -2.49. The fourth-order valence-electron chi connectivity index (χ4n) is 3.04. The first-order valence-electron chi connectivity index (χ1n) is 8.81. The molecule has 1 aliphatic rings. The van der Waals surface area contributed by atoms with Crippen LogP contribution in [0.15, 0.2) is 48.5 Å². The van der Waals surface area contributed by atoms with Crippen molar-refractivity contribution >= 4 is 17.6 Å². The van der Waals surface area contributed by atoms with E-state index in [2.05, 4.69) is 0 Å². The molecule has 0 radical (unpaired) electrons. The van der Waals surface area contributed by atoms with Crippen LogP contribution < -0.4 is 9.64 Å². The number of aromatic hydroxyl groups is 1. The van der Waals surface area contributed by atoms with Gasteiger partial charge in [-0.25, -0.2) is 4.79 Å². The first-order chi connectivity index (χ1) is 13.0. The van der Waals surface area contributed by atoms with E-state index in [0.29, 0.717) is 39.2 Å². The summed E-state index contributed by atoms with van der Waals surface area (Å²) in [5.41, 5.74) is 0.605. The molecular weight excluding hydrogens is 348 g/mol. The molecule has 2 N–H and O–H groups in total. The molecule has 142 valence electrons. The smallest absolute Gasteiger partial charge is 0.339 e. The Morgan fingerprint density at radius 1 is 1.00 bits per heavy atom. The Hall–Kier alpha value is -3.22. The number of nitrogens with zero attached hydrogens (tertiary/aromatic N) is 2. The van der Waals surface area contributed by atoms with Crippen molar-refractivity contribution in [3.63, 3.8) is 0 Å². The lowest BCUT2D eigenvalue weighted by atomic mass is 10.1. The van der Waals surface area contributed by atoms with Crippen LogP contribution in [0, 0.1) is 0 Å². The van der Waals surface area contributed by atoms with Gasteiger partial charge in [-0.05, 0) is 30.3 Å². The van der Waals surface area contributed by atoms with Crippen LogP contribution in [-0.4, -0.2) is 59.8 Å². The number of carbonyl (C=O) groups is 2. The summed E-state index contributed by atoms with van der Waals surface area (Å²) in [5, 5.41) is 18.7. The number of carbonyl (C=O) groups excluding carboxylic acids is 1. The number of carboxylic acids is 1. The van der Waals surface area contributed by atoms with E-state index >= 15 is 0 Å². The van der Waals surface area contributed by atoms with E-state index in [1.54, 1.807) is 11.0 Å². The van der Waals surface area contributed by atoms with E-state index < -0.39 is 5.97 Å². The molecule has 0 unspecified atom stereocenters. The maximum absolute atomic E-state index is 12.3. The number of aromatic carboxylic acids is 1. The predicted octanol–water partition coefficient (Wildman–Crippen LogP) is 2.21. The van der Waals surface area contributed by atoms with Crippen LogP contribution in [-0.2, 0) is 4.79 Å². The number of phenols is 1. The van der Waals surface area contributed by atoms with E-state index in [1.807, 2.05) is 35.2 Å². The van der Waals surface area contributed by atoms with Gasteiger partial charge in [0, 0.05) is 31.9 Å². The Balaban J connectivity index is 1.49. The third-order valence-corrected chi connectivity index (χ3v) is 4.54. The maximum atomic E-state index is 12.3. The summed E-state index contributed by atoms with van der Waals surface area (Å²) in [6.45, 7) is 2.67. The molecule has 0 atom stereocenters. The summed E-state index contributed by atoms with van der Waals surface area (Å²) < 4.78 is 5.57. The van der Waals surface area contributed by atoms with Crippen molar-refractivity contribution in [2.24, 2.45) is 0 Å². The van der Waals surface area contributed by atoms with Gasteiger partial charge in [0.1, 0.15) is 17.1 Å². The number of hydrogen-bond acceptors (Lipinski definition) is 5. The molecule has 1 heterocycles. The van der Waals surface area contributed by atoms with Crippen LogP contribution in [0.5, 0.6) is 11.5 Å². The fraction of sp³-hybridized carbons (Fsp3) is 0.300. The van der Waals surface area contributed by atoms with Gasteiger partial charge >= 0.3 is 5.97 Å². The third-order valence-electron chi connectivity index (χ3n) is 4.54. The van der Waals surface area contributed by atoms with Gasteiger partial charge in [-0.15, -0.1) is 0 Å². The highest BCUT2D eigenvalue weighted by Gasteiger charge is 2.22. The number of benzene rings is 2. The Morgan fingerprint density at radius 3 is 2.37 bits per heavy atom. The van der Waals surface area contributed by atoms with Gasteiger partial charge in [-0.2, -0.15) is 0 Å². The molecule has 2 aromatic carbocycles. The minimum Gasteiger partial charge on any atom is -0.507 e. The minimum atomic E-state index is -1.17. The first kappa shape index (κ1) is 18.6. The highest BCUT2D eigenvalue weighted by atomic mass is 16.5. The summed E-state index contributed by atoms with van der Waals surface area (Å²) in [7, 11) is 0. The molecule has 1 amide bonds. The predicted molar refractivity (Wildman–Crippen MR) is 100 cm³/mol. The van der Waals surface area contributed by atoms with Gasteiger partial charge in [0.2, 0.25) is 5.91 Å². The van der Waals surface area contributed by atoms with E-state index in [1.165, 1.54) is 12.1 Å². The van der Waals surface area contributed by atoms with Crippen LogP contribution in [0.4, 0.5) is 5.69 Å². The SMILES string of the molecule is O=C(O)c1cc(N2CCN(C(=O)CCOc3ccccc3)CC2)ccc1O. The summed E-state index contributed by atoms with van der Waals surface area (Å²) in [5.74, 6) is -0.626. The second-order valence-corrected chi connectivity index (χ2v) is 6.29. The number of anilines is 1. The van der Waals surface area contributed by atoms with Crippen molar-refractivity contribution in [3.05, 3.63) is 54.1 Å². The minimum absolute atomic E-state index is 0.0440. The molecule has 1 saturated heterocycles. The van der Waals surface area contributed by atoms with E-state index in [-0.39, 0.29) is 17.2 Å². The topological polar surface area (TPSA) is 90.3 Å². The zero-order chi connectivity index (χ0) is 19.2. The zero-order valence-corrected chi connectivity index (χ0v) is 14.9. The number of piperazine rings is 1. The number of hydrogen-bond donors (Lipinski definition) is 2. The standard InChI is InChI=1S/C20H22N2O5/c23-18-7-6-15(14-17(18)20(25)26)21-9-11-22(12-10-21)19(24)8-13-27-16-4-2-1-3-5-16/h1-7,14,23H,8-13H2,(H,25,26). The average Bonchev–Trinajstić information content (AvgIpc) is 2.69. The van der Waals surface area contributed by atoms with Crippen molar-refractivity contribution in [2.75, 3.05) is 37.7 Å². The lowest BCUT2D eigenvalue weighted by molar-refractivity contribution is -0.132. The summed E-state index contributed by atoms with van der Waals surface area (Å²) in [6, 6.07) is 13.9. The Bertz CT molecular complexity index is 801. The largest absolute Gasteiger partial charge is 0.507 e. The zero-order valence-electron chi connectivity index (χ0n) is 14.9. The molecule has 3 rings (SSSR count). The van der Waals surface area contributed by atoms with Crippen molar-refractivity contribution in [2.45, 2.75) is 6.42 Å². The van der Waals surface area contributed by atoms with Crippen LogP contribution in [0.3, 0.4) is 0 Å². The normalized spacial score (nSPS) is 14.1. The molecule has 27 heavy (non-hydrogen) atoms. The molecule has 0 spiro atoms. The molecule has 0 bridgehead atoms. The van der Waals surface area contributed by atoms with Gasteiger partial charge in [-0.1, -0.05) is 18.2 Å². The highest BCUT2D eigenvalue weighted by molar-refractivity contribution is 5.92. The molecule has 0 aromatic heterocycles. The van der Waals surface area contributed by atoms with Crippen LogP contribution in [0.2, 0.25) is 0 Å². The Labute approximate surface area is 157 Å². The van der Waals surface area contributed by atoms with Crippen LogP contribution >= 0.6 is 0 Å². The van der Waals surface area contributed by atoms with Crippen molar-refractivity contribution < 1.29 is 24.5 Å². The number of para-hydroxylation sites is 1. The van der Waals surface area contributed by atoms with Gasteiger partial charge in [-0.3, -0.25) is 4.79 Å². The number of amides is 1. The molecule has 7 heteroatoms. The van der Waals surface area contributed by atoms with E-state index in [0.717, 1.165) is 11.4 Å². The van der Waals surface area contributed by atoms with Crippen LogP contribution in [0.25, 0.3) is 0 Å². The average molecular weight is 370 g/mol. The molecule has 1 fully saturated rings. The quantitative estimate of drug-likeness (QED) is 0.810. The molecule has 2 aromatic rings. The monoisotopic (exact) mass is 370 g/mol. The van der Waals surface area contributed by atoms with E-state index in [4.69, 9.17) is 9.84 Å². The fourth-order valence-corrected chi connectivity index (χ4v) is 3.04. The summed E-state index contributed by atoms with van der Waals surface area (Å²) >= 11 is 0. The first-order valence-corrected chi connectivity index (χ1v) is 8.81. The van der Waals surface area contributed by atoms with Crippen molar-refractivity contribution in [3.8, 4) is 11.5 Å². The molecular formula is C20H22N2O5. The Morgan fingerprint density at radius 2 is 1.70 bits per heavy atom. The second-order valence-electron chi connectivity index (χ2n) is 6.29. The number of rotatable bonds is 6. The highest BCUT2D eigenvalue weighted by Crippen LogP contribution is 2.25. The van der Waals surface area contributed by atoms with Gasteiger partial charge < -0.3 is 24.7 Å². The molecule has 7 nitrogen and oxygen atoms in total. The van der Waals surface area contributed by atoms with Crippen molar-refractivity contribution in [1.29, 1.82) is 0 Å². The Kier molecular flexibility index (Phi) is 5.80. The van der Waals surface area contributed by atoms with Gasteiger partial charge in [0.05, 0.1) is 13.0 Å². The van der Waals surface area contributed by atoms with Gasteiger partial charge in [0.15, 0.2) is 0 Å². The van der Waals surface area contributed by atoms with Crippen molar-refractivity contribution in [1.82, 2.24) is 4.90 Å². The molecule has 0 saturated carbocycles. The number of ether oxygens (including phenoxy) is 1. The second kappa shape index (κ2) is 8.44. The summed E-state index contributed by atoms with van der Waals surface area (Å²) in [6.07, 6.45) is 0.317. The number of carboxylic acid groups (broad SMARTS) is 1.